The van der Waals surface area contributed by atoms with Crippen LogP contribution in [0, 0.1) is 6.92 Å². The highest BCUT2D eigenvalue weighted by Crippen LogP contribution is 2.38. The number of carbonyl (C=O) groups excluding carboxylic acids is 1. The molecule has 0 saturated heterocycles. The van der Waals surface area contributed by atoms with Crippen molar-refractivity contribution in [1.29, 1.82) is 0 Å². The maximum Gasteiger partial charge on any atom is 0.306 e. The summed E-state index contributed by atoms with van der Waals surface area (Å²) in [4.78, 5) is 12.1. The molecular weight excluding hydrogens is 384 g/mol. The third-order valence-corrected chi connectivity index (χ3v) is 4.82. The molecule has 0 aliphatic carbocycles. The van der Waals surface area contributed by atoms with Crippen LogP contribution in [0.2, 0.25) is 0 Å². The van der Waals surface area contributed by atoms with E-state index in [-0.39, 0.29) is 19.0 Å². The van der Waals surface area contributed by atoms with Crippen LogP contribution < -0.4 is 18.9 Å². The van der Waals surface area contributed by atoms with E-state index < -0.39 is 0 Å². The van der Waals surface area contributed by atoms with E-state index in [0.29, 0.717) is 36.2 Å². The third-order valence-electron chi connectivity index (χ3n) is 4.82. The highest BCUT2D eigenvalue weighted by atomic mass is 16.6. The Labute approximate surface area is 179 Å². The van der Waals surface area contributed by atoms with E-state index in [0.717, 1.165) is 11.3 Å². The van der Waals surface area contributed by atoms with Crippen LogP contribution in [0.5, 0.6) is 23.0 Å². The zero-order valence-corrected chi connectivity index (χ0v) is 18.7. The lowest BCUT2D eigenvalue weighted by Crippen LogP contribution is -2.13. The first-order chi connectivity index (χ1) is 14.4. The largest absolute Gasteiger partial charge is 0.493 e. The molecule has 30 heavy (non-hydrogen) atoms. The Balaban J connectivity index is 1.80. The average Bonchev–Trinajstić information content (AvgIpc) is 2.74. The Morgan fingerprint density at radius 2 is 1.60 bits per heavy atom. The highest BCUT2D eigenvalue weighted by Gasteiger charge is 2.14. The van der Waals surface area contributed by atoms with Crippen LogP contribution in [-0.2, 0) is 16.0 Å². The molecule has 2 aromatic carbocycles. The summed E-state index contributed by atoms with van der Waals surface area (Å²) in [6.45, 7) is 6.93. The van der Waals surface area contributed by atoms with Crippen molar-refractivity contribution >= 4 is 5.97 Å². The van der Waals surface area contributed by atoms with Gasteiger partial charge in [-0.15, -0.1) is 0 Å². The molecule has 6 nitrogen and oxygen atoms in total. The molecule has 0 aliphatic heterocycles. The van der Waals surface area contributed by atoms with Crippen LogP contribution >= 0.6 is 0 Å². The molecule has 2 rings (SSSR count). The average molecular weight is 417 g/mol. The first-order valence-electron chi connectivity index (χ1n) is 10.1. The number of esters is 1. The molecule has 0 aliphatic rings. The minimum absolute atomic E-state index is 0.207. The van der Waals surface area contributed by atoms with E-state index in [2.05, 4.69) is 26.8 Å². The number of rotatable bonds is 11. The van der Waals surface area contributed by atoms with Crippen molar-refractivity contribution in [1.82, 2.24) is 0 Å². The molecule has 0 spiro atoms. The summed E-state index contributed by atoms with van der Waals surface area (Å²) < 4.78 is 27.0. The Morgan fingerprint density at radius 1 is 0.933 bits per heavy atom. The molecule has 0 radical (unpaired) electrons. The molecule has 6 heteroatoms. The van der Waals surface area contributed by atoms with Gasteiger partial charge in [0.05, 0.1) is 21.3 Å². The number of aryl methyl sites for hydroxylation is 2. The van der Waals surface area contributed by atoms with Gasteiger partial charge in [0.25, 0.3) is 0 Å². The fourth-order valence-corrected chi connectivity index (χ4v) is 3.30. The topological polar surface area (TPSA) is 63.2 Å². The lowest BCUT2D eigenvalue weighted by Gasteiger charge is -2.14. The molecule has 0 bridgehead atoms. The van der Waals surface area contributed by atoms with E-state index in [1.165, 1.54) is 11.1 Å². The molecular formula is C24H32O6. The summed E-state index contributed by atoms with van der Waals surface area (Å²) in [6.07, 6.45) is 0.757. The van der Waals surface area contributed by atoms with Gasteiger partial charge in [-0.05, 0) is 60.2 Å². The van der Waals surface area contributed by atoms with Crippen molar-refractivity contribution in [2.24, 2.45) is 0 Å². The summed E-state index contributed by atoms with van der Waals surface area (Å²) in [5.74, 6) is 2.63. The smallest absolute Gasteiger partial charge is 0.306 e. The fraction of sp³-hybridized carbons (Fsp3) is 0.458. The van der Waals surface area contributed by atoms with E-state index in [1.54, 1.807) is 21.3 Å². The van der Waals surface area contributed by atoms with Crippen molar-refractivity contribution in [3.8, 4) is 23.0 Å². The van der Waals surface area contributed by atoms with Crippen LogP contribution in [-0.4, -0.2) is 40.5 Å². The van der Waals surface area contributed by atoms with Gasteiger partial charge in [-0.25, -0.2) is 0 Å². The molecule has 2 aromatic rings. The Kier molecular flexibility index (Phi) is 8.84. The lowest BCUT2D eigenvalue weighted by atomic mass is 9.98. The number of ether oxygens (including phenoxy) is 5. The van der Waals surface area contributed by atoms with Crippen molar-refractivity contribution in [3.63, 3.8) is 0 Å². The maximum absolute atomic E-state index is 12.1. The summed E-state index contributed by atoms with van der Waals surface area (Å²) in [7, 11) is 4.68. The fourth-order valence-electron chi connectivity index (χ4n) is 3.30. The van der Waals surface area contributed by atoms with E-state index in [9.17, 15) is 4.79 Å². The number of carbonyl (C=O) groups is 1. The Morgan fingerprint density at radius 3 is 2.13 bits per heavy atom. The first kappa shape index (κ1) is 23.4. The molecule has 0 unspecified atom stereocenters. The molecule has 0 fully saturated rings. The van der Waals surface area contributed by atoms with Crippen LogP contribution in [0.25, 0.3) is 0 Å². The van der Waals surface area contributed by atoms with Gasteiger partial charge < -0.3 is 23.7 Å². The minimum Gasteiger partial charge on any atom is -0.493 e. The Hall–Kier alpha value is -2.89. The summed E-state index contributed by atoms with van der Waals surface area (Å²) in [5, 5.41) is 0. The third kappa shape index (κ3) is 6.31. The number of hydrogen-bond acceptors (Lipinski definition) is 6. The van der Waals surface area contributed by atoms with Crippen LogP contribution in [0.15, 0.2) is 30.3 Å². The standard InChI is InChI=1S/C24H32O6/c1-16(2)20-9-8-19(13-17(20)3)29-11-12-30-23(25)10-7-18-14-21(26-4)24(28-6)22(15-18)27-5/h8-9,13-16H,7,10-12H2,1-6H3. The SMILES string of the molecule is COc1cc(CCC(=O)OCCOc2ccc(C(C)C)c(C)c2)cc(OC)c1OC. The van der Waals surface area contributed by atoms with Crippen LogP contribution in [0.1, 0.15) is 42.9 Å². The zero-order valence-electron chi connectivity index (χ0n) is 18.7. The summed E-state index contributed by atoms with van der Waals surface area (Å²) >= 11 is 0. The first-order valence-corrected chi connectivity index (χ1v) is 10.1. The van der Waals surface area contributed by atoms with Crippen molar-refractivity contribution in [2.75, 3.05) is 34.5 Å². The Bertz CT molecular complexity index is 819. The molecule has 0 saturated carbocycles. The summed E-state index contributed by atoms with van der Waals surface area (Å²) in [6, 6.07) is 9.72. The van der Waals surface area contributed by atoms with Crippen molar-refractivity contribution < 1.29 is 28.5 Å². The number of benzene rings is 2. The summed E-state index contributed by atoms with van der Waals surface area (Å²) in [5.41, 5.74) is 3.41. The lowest BCUT2D eigenvalue weighted by molar-refractivity contribution is -0.144. The predicted molar refractivity (Wildman–Crippen MR) is 116 cm³/mol. The van der Waals surface area contributed by atoms with E-state index in [1.807, 2.05) is 24.3 Å². The quantitative estimate of drug-likeness (QED) is 0.391. The second-order valence-electron chi connectivity index (χ2n) is 7.28. The van der Waals surface area contributed by atoms with Crippen molar-refractivity contribution in [2.45, 2.75) is 39.5 Å². The second kappa shape index (κ2) is 11.3. The van der Waals surface area contributed by atoms with Crippen molar-refractivity contribution in [3.05, 3.63) is 47.0 Å². The van der Waals surface area contributed by atoms with Gasteiger partial charge in [-0.3, -0.25) is 4.79 Å². The van der Waals surface area contributed by atoms with Gasteiger partial charge in [0.15, 0.2) is 11.5 Å². The van der Waals surface area contributed by atoms with Crippen LogP contribution in [0.4, 0.5) is 0 Å². The van der Waals surface area contributed by atoms with Crippen LogP contribution in [0.3, 0.4) is 0 Å². The predicted octanol–water partition coefficient (Wildman–Crippen LogP) is 4.70. The van der Waals surface area contributed by atoms with Gasteiger partial charge >= 0.3 is 5.97 Å². The second-order valence-corrected chi connectivity index (χ2v) is 7.28. The molecule has 0 aromatic heterocycles. The molecule has 0 N–H and O–H groups in total. The van der Waals surface area contributed by atoms with Gasteiger partial charge in [0.2, 0.25) is 5.75 Å². The van der Waals surface area contributed by atoms with Gasteiger partial charge in [0.1, 0.15) is 19.0 Å². The number of hydrogen-bond donors (Lipinski definition) is 0. The molecule has 0 heterocycles. The highest BCUT2D eigenvalue weighted by molar-refractivity contribution is 5.70. The molecule has 0 amide bonds. The van der Waals surface area contributed by atoms with E-state index in [4.69, 9.17) is 23.7 Å². The molecule has 0 atom stereocenters. The van der Waals surface area contributed by atoms with Gasteiger partial charge in [-0.1, -0.05) is 19.9 Å². The number of methoxy groups -OCH3 is 3. The van der Waals surface area contributed by atoms with E-state index >= 15 is 0 Å². The van der Waals surface area contributed by atoms with Gasteiger partial charge in [0, 0.05) is 6.42 Å². The zero-order chi connectivity index (χ0) is 22.1. The normalized spacial score (nSPS) is 10.6. The van der Waals surface area contributed by atoms with Gasteiger partial charge in [-0.2, -0.15) is 0 Å². The maximum atomic E-state index is 12.1. The monoisotopic (exact) mass is 416 g/mol. The minimum atomic E-state index is -0.279. The molecule has 164 valence electrons.